The normalized spacial score (nSPS) is 24.0. The van der Waals surface area contributed by atoms with Crippen molar-refractivity contribution in [1.82, 2.24) is 35.0 Å². The maximum atomic E-state index is 13.7. The summed E-state index contributed by atoms with van der Waals surface area (Å²) in [5.41, 5.74) is 3.52. The molecule has 0 bridgehead atoms. The largest absolute Gasteiger partial charge is 0.490 e. The van der Waals surface area contributed by atoms with Gasteiger partial charge in [-0.05, 0) is 88.8 Å². The smallest absolute Gasteiger partial charge is 0.262 e. The molecule has 3 saturated heterocycles. The Kier molecular flexibility index (Phi) is 11.8. The highest BCUT2D eigenvalue weighted by Crippen LogP contribution is 2.37. The third-order valence-corrected chi connectivity index (χ3v) is 13.8. The molecule has 64 heavy (non-hydrogen) atoms. The lowest BCUT2D eigenvalue weighted by Crippen LogP contribution is -2.58. The average Bonchev–Trinajstić information content (AvgIpc) is 3.52. The standard InChI is InChI=1S/C48H54N10O6/c1-28(2)55(33-20-35(21-33)64-34-8-9-36-38(22-34)47(63)58(46(36)62)41-12-13-42(59)53-45(41)61)27-31-14-17-54(18-15-31)48-51-23-32(24-52-48)19-43(60)57-26-29(3)56(25-30(57)4)40-11-10-39(49-5)44-37(40)7-6-16-50-44/h6-11,16,22-24,28-31,33,35,41H,12-15,17-21,25-27H2,1-4H3,(H,53,59,61)/t29-,30+,33?,35?,41?/m0/s1. The van der Waals surface area contributed by atoms with Crippen molar-refractivity contribution in [1.29, 1.82) is 0 Å². The summed E-state index contributed by atoms with van der Waals surface area (Å²) >= 11 is 0. The van der Waals surface area contributed by atoms with E-state index in [1.165, 1.54) is 0 Å². The fourth-order valence-corrected chi connectivity index (χ4v) is 10.2. The predicted octanol–water partition coefficient (Wildman–Crippen LogP) is 5.18. The van der Waals surface area contributed by atoms with E-state index in [1.54, 1.807) is 36.8 Å². The van der Waals surface area contributed by atoms with Gasteiger partial charge in [0.2, 0.25) is 29.4 Å². The second-order valence-electron chi connectivity index (χ2n) is 18.3. The van der Waals surface area contributed by atoms with Crippen molar-refractivity contribution in [2.75, 3.05) is 42.5 Å². The Morgan fingerprint density at radius 2 is 1.69 bits per heavy atom. The lowest BCUT2D eigenvalue weighted by Gasteiger charge is -2.46. The average molecular weight is 867 g/mol. The number of nitrogens with one attached hydrogen (secondary N) is 1. The summed E-state index contributed by atoms with van der Waals surface area (Å²) < 4.78 is 6.31. The molecule has 1 unspecified atom stereocenters. The number of ether oxygens (including phenoxy) is 1. The van der Waals surface area contributed by atoms with E-state index in [2.05, 4.69) is 57.5 Å². The number of pyridine rings is 1. The summed E-state index contributed by atoms with van der Waals surface area (Å²) in [6.07, 6.45) is 9.47. The predicted molar refractivity (Wildman–Crippen MR) is 239 cm³/mol. The SMILES string of the molecule is [C-]#[N+]c1ccc(N2C[C@@H](C)N(C(=O)Cc3cnc(N4CCC(CN(C(C)C)C5CC(Oc6ccc7c(c6)C(=O)N(C6CCC(=O)NC6=O)C7=O)C5)CC4)nc3)C[C@@H]2C)c2cccnc12. The van der Waals surface area contributed by atoms with Crippen LogP contribution in [0.15, 0.2) is 61.1 Å². The minimum atomic E-state index is -1.00. The van der Waals surface area contributed by atoms with Gasteiger partial charge in [-0.3, -0.25) is 44.1 Å². The number of fused-ring (bicyclic) bond motifs is 2. The molecule has 332 valence electrons. The zero-order valence-corrected chi connectivity index (χ0v) is 36.8. The molecule has 4 fully saturated rings. The number of piperidine rings is 2. The molecule has 1 N–H and O–H groups in total. The van der Waals surface area contributed by atoms with Gasteiger partial charge < -0.3 is 19.4 Å². The molecule has 3 atom stereocenters. The number of imide groups is 2. The van der Waals surface area contributed by atoms with Crippen LogP contribution in [0, 0.1) is 12.5 Å². The van der Waals surface area contributed by atoms with Crippen molar-refractivity contribution in [3.05, 3.63) is 89.2 Å². The number of benzene rings is 2. The summed E-state index contributed by atoms with van der Waals surface area (Å²) in [5, 5.41) is 3.18. The number of hydrogen-bond donors (Lipinski definition) is 1. The van der Waals surface area contributed by atoms with E-state index in [9.17, 15) is 24.0 Å². The molecule has 0 spiro atoms. The number of anilines is 2. The summed E-state index contributed by atoms with van der Waals surface area (Å²) in [5.74, 6) is -0.306. The van der Waals surface area contributed by atoms with Crippen molar-refractivity contribution in [3.8, 4) is 5.75 Å². The minimum absolute atomic E-state index is 0.0105. The summed E-state index contributed by atoms with van der Waals surface area (Å²) in [6, 6.07) is 12.4. The highest BCUT2D eigenvalue weighted by Gasteiger charge is 2.45. The molecule has 4 aliphatic heterocycles. The molecule has 6 heterocycles. The van der Waals surface area contributed by atoms with Gasteiger partial charge in [0, 0.05) is 106 Å². The number of carbonyl (C=O) groups is 5. The fraction of sp³-hybridized carbons (Fsp3) is 0.479. The lowest BCUT2D eigenvalue weighted by atomic mass is 9.85. The van der Waals surface area contributed by atoms with Crippen LogP contribution in [0.1, 0.15) is 92.5 Å². The molecule has 2 aromatic carbocycles. The maximum absolute atomic E-state index is 13.7. The maximum Gasteiger partial charge on any atom is 0.262 e. The zero-order valence-electron chi connectivity index (χ0n) is 36.8. The van der Waals surface area contributed by atoms with Gasteiger partial charge >= 0.3 is 0 Å². The Bertz CT molecular complexity index is 2530. The van der Waals surface area contributed by atoms with Gasteiger partial charge in [-0.15, -0.1) is 0 Å². The molecule has 0 radical (unpaired) electrons. The van der Waals surface area contributed by atoms with Crippen molar-refractivity contribution in [3.63, 3.8) is 0 Å². The number of piperazine rings is 1. The number of hydrogen-bond acceptors (Lipinski definition) is 12. The Balaban J connectivity index is 0.732. The second-order valence-corrected chi connectivity index (χ2v) is 18.3. The highest BCUT2D eigenvalue weighted by molar-refractivity contribution is 6.23. The van der Waals surface area contributed by atoms with Gasteiger partial charge in [0.05, 0.1) is 29.6 Å². The molecule has 16 heteroatoms. The second kappa shape index (κ2) is 17.6. The van der Waals surface area contributed by atoms with E-state index < -0.39 is 29.7 Å². The molecule has 1 aliphatic carbocycles. The zero-order chi connectivity index (χ0) is 44.8. The van der Waals surface area contributed by atoms with Crippen LogP contribution in [0.5, 0.6) is 5.75 Å². The Morgan fingerprint density at radius 3 is 2.41 bits per heavy atom. The Labute approximate surface area is 372 Å². The Morgan fingerprint density at radius 1 is 0.938 bits per heavy atom. The number of amides is 5. The first-order chi connectivity index (χ1) is 30.9. The first-order valence-corrected chi connectivity index (χ1v) is 22.5. The topological polar surface area (TPSA) is 166 Å². The molecule has 5 aliphatic rings. The van der Waals surface area contributed by atoms with E-state index in [0.29, 0.717) is 54.0 Å². The number of rotatable bonds is 11. The van der Waals surface area contributed by atoms with Crippen LogP contribution in [0.3, 0.4) is 0 Å². The van der Waals surface area contributed by atoms with Crippen LogP contribution >= 0.6 is 0 Å². The highest BCUT2D eigenvalue weighted by atomic mass is 16.5. The molecule has 9 rings (SSSR count). The molecule has 5 amide bonds. The van der Waals surface area contributed by atoms with Crippen LogP contribution < -0.4 is 19.9 Å². The number of aromatic nitrogens is 3. The van der Waals surface area contributed by atoms with Gasteiger partial charge in [0.15, 0.2) is 0 Å². The van der Waals surface area contributed by atoms with Crippen molar-refractivity contribution >= 4 is 57.8 Å². The summed E-state index contributed by atoms with van der Waals surface area (Å²) in [4.78, 5) is 91.8. The molecule has 2 aromatic heterocycles. The van der Waals surface area contributed by atoms with Gasteiger partial charge in [-0.1, -0.05) is 12.1 Å². The van der Waals surface area contributed by atoms with E-state index in [4.69, 9.17) is 21.3 Å². The lowest BCUT2D eigenvalue weighted by molar-refractivity contribution is -0.136. The van der Waals surface area contributed by atoms with E-state index in [-0.39, 0.29) is 54.5 Å². The van der Waals surface area contributed by atoms with E-state index in [0.717, 1.165) is 66.9 Å². The van der Waals surface area contributed by atoms with Crippen molar-refractivity contribution < 1.29 is 28.7 Å². The summed E-state index contributed by atoms with van der Waals surface area (Å²) in [6.45, 7) is 20.2. The minimum Gasteiger partial charge on any atom is -0.490 e. The van der Waals surface area contributed by atoms with Gasteiger partial charge in [-0.2, -0.15) is 0 Å². The molecule has 4 aromatic rings. The first kappa shape index (κ1) is 42.8. The first-order valence-electron chi connectivity index (χ1n) is 22.5. The molecule has 16 nitrogen and oxygen atoms in total. The van der Waals surface area contributed by atoms with Crippen LogP contribution in [0.25, 0.3) is 15.7 Å². The van der Waals surface area contributed by atoms with Crippen molar-refractivity contribution in [2.24, 2.45) is 5.92 Å². The monoisotopic (exact) mass is 866 g/mol. The molecular formula is C48H54N10O6. The van der Waals surface area contributed by atoms with Gasteiger partial charge in [-0.25, -0.2) is 14.8 Å². The Hall–Kier alpha value is -6.47. The third-order valence-electron chi connectivity index (χ3n) is 13.8. The third kappa shape index (κ3) is 8.24. The molecular weight excluding hydrogens is 813 g/mol. The van der Waals surface area contributed by atoms with E-state index >= 15 is 0 Å². The fourth-order valence-electron chi connectivity index (χ4n) is 10.2. The van der Waals surface area contributed by atoms with Crippen LogP contribution in [0.4, 0.5) is 17.3 Å². The van der Waals surface area contributed by atoms with Crippen molar-refractivity contribution in [2.45, 2.75) is 109 Å². The van der Waals surface area contributed by atoms with Gasteiger partial charge in [0.1, 0.15) is 17.9 Å². The van der Waals surface area contributed by atoms with E-state index in [1.807, 2.05) is 29.2 Å². The quantitative estimate of drug-likeness (QED) is 0.155. The number of nitrogens with zero attached hydrogens (tertiary/aromatic N) is 9. The van der Waals surface area contributed by atoms with Crippen LogP contribution in [-0.2, 0) is 20.8 Å². The van der Waals surface area contributed by atoms with Crippen LogP contribution in [-0.4, -0.2) is 128 Å². The summed E-state index contributed by atoms with van der Waals surface area (Å²) in [7, 11) is 0. The molecule has 1 saturated carbocycles. The van der Waals surface area contributed by atoms with Crippen LogP contribution in [0.2, 0.25) is 0 Å². The van der Waals surface area contributed by atoms with Gasteiger partial charge in [0.25, 0.3) is 11.8 Å². The number of carbonyl (C=O) groups excluding carboxylic acids is 5.